The summed E-state index contributed by atoms with van der Waals surface area (Å²) in [5.41, 5.74) is 2.57. The number of aryl methyl sites for hydroxylation is 1. The quantitative estimate of drug-likeness (QED) is 0.663. The van der Waals surface area contributed by atoms with Crippen LogP contribution in [0, 0.1) is 0 Å². The molecule has 0 radical (unpaired) electrons. The second-order valence-electron chi connectivity index (χ2n) is 4.50. The minimum absolute atomic E-state index is 0.333. The number of Topliss-reactive ketones (excluding diaryl/α,β-unsaturated/α-hetero) is 1. The molecule has 84 valence electrons. The van der Waals surface area contributed by atoms with Crippen molar-refractivity contribution in [2.24, 2.45) is 0 Å². The van der Waals surface area contributed by atoms with E-state index in [1.807, 2.05) is 6.08 Å². The van der Waals surface area contributed by atoms with Gasteiger partial charge in [-0.2, -0.15) is 0 Å². The van der Waals surface area contributed by atoms with Gasteiger partial charge in [-0.3, -0.25) is 4.79 Å². The first-order valence-electron chi connectivity index (χ1n) is 6.03. The average Bonchev–Trinajstić information content (AvgIpc) is 2.34. The minimum atomic E-state index is 0.333. The van der Waals surface area contributed by atoms with Crippen molar-refractivity contribution in [2.75, 3.05) is 0 Å². The average molecular weight is 222 g/mol. The first-order chi connectivity index (χ1) is 8.34. The standard InChI is InChI=1S/C16H14O/c17-14-6-3-5-13-9-8-12-4-1-2-7-15(12)16(13)11-10-14/h1-5,7-9H,6,10-11H2/b5-3-. The first-order valence-corrected chi connectivity index (χ1v) is 6.03. The fraction of sp³-hybridized carbons (Fsp3) is 0.188. The highest BCUT2D eigenvalue weighted by Crippen LogP contribution is 2.26. The van der Waals surface area contributed by atoms with Crippen LogP contribution in [0.5, 0.6) is 0 Å². The summed E-state index contributed by atoms with van der Waals surface area (Å²) < 4.78 is 0. The smallest absolute Gasteiger partial charge is 0.136 e. The van der Waals surface area contributed by atoms with Gasteiger partial charge in [0, 0.05) is 12.8 Å². The van der Waals surface area contributed by atoms with Crippen LogP contribution in [0.2, 0.25) is 0 Å². The normalized spacial score (nSPS) is 17.3. The number of allylic oxidation sites excluding steroid dienone is 1. The third-order valence-corrected chi connectivity index (χ3v) is 3.37. The third-order valence-electron chi connectivity index (χ3n) is 3.37. The number of ketones is 1. The summed E-state index contributed by atoms with van der Waals surface area (Å²) in [5.74, 6) is 0.333. The molecule has 17 heavy (non-hydrogen) atoms. The lowest BCUT2D eigenvalue weighted by Crippen LogP contribution is -2.03. The van der Waals surface area contributed by atoms with Crippen molar-refractivity contribution in [3.8, 4) is 0 Å². The molecule has 3 rings (SSSR count). The predicted octanol–water partition coefficient (Wildman–Crippen LogP) is 3.76. The van der Waals surface area contributed by atoms with Crippen molar-refractivity contribution in [3.05, 3.63) is 53.6 Å². The van der Waals surface area contributed by atoms with E-state index in [4.69, 9.17) is 0 Å². The van der Waals surface area contributed by atoms with E-state index < -0.39 is 0 Å². The molecular weight excluding hydrogens is 208 g/mol. The zero-order valence-electron chi connectivity index (χ0n) is 9.65. The van der Waals surface area contributed by atoms with E-state index in [1.165, 1.54) is 21.9 Å². The molecule has 0 atom stereocenters. The topological polar surface area (TPSA) is 17.1 Å². The van der Waals surface area contributed by atoms with Crippen LogP contribution in [0.4, 0.5) is 0 Å². The Bertz CT molecular complexity index is 608. The maximum Gasteiger partial charge on any atom is 0.136 e. The van der Waals surface area contributed by atoms with E-state index in [9.17, 15) is 4.79 Å². The highest BCUT2D eigenvalue weighted by atomic mass is 16.1. The molecule has 0 N–H and O–H groups in total. The Morgan fingerprint density at radius 1 is 0.941 bits per heavy atom. The van der Waals surface area contributed by atoms with Crippen LogP contribution in [0.3, 0.4) is 0 Å². The van der Waals surface area contributed by atoms with Crippen molar-refractivity contribution in [3.63, 3.8) is 0 Å². The number of rotatable bonds is 0. The molecule has 0 heterocycles. The number of hydrogen-bond acceptors (Lipinski definition) is 1. The molecule has 1 aliphatic rings. The highest BCUT2D eigenvalue weighted by Gasteiger charge is 2.10. The van der Waals surface area contributed by atoms with Gasteiger partial charge in [-0.25, -0.2) is 0 Å². The fourth-order valence-electron chi connectivity index (χ4n) is 2.47. The minimum Gasteiger partial charge on any atom is -0.299 e. The summed E-state index contributed by atoms with van der Waals surface area (Å²) in [6.07, 6.45) is 6.16. The van der Waals surface area contributed by atoms with Crippen molar-refractivity contribution in [1.82, 2.24) is 0 Å². The lowest BCUT2D eigenvalue weighted by molar-refractivity contribution is -0.118. The number of carbonyl (C=O) groups is 1. The van der Waals surface area contributed by atoms with E-state index in [1.54, 1.807) is 0 Å². The molecule has 1 aliphatic carbocycles. The van der Waals surface area contributed by atoms with Gasteiger partial charge in [0.2, 0.25) is 0 Å². The molecule has 0 saturated heterocycles. The van der Waals surface area contributed by atoms with E-state index >= 15 is 0 Å². The van der Waals surface area contributed by atoms with E-state index in [-0.39, 0.29) is 0 Å². The van der Waals surface area contributed by atoms with Crippen molar-refractivity contribution >= 4 is 22.6 Å². The van der Waals surface area contributed by atoms with Gasteiger partial charge in [0.1, 0.15) is 5.78 Å². The molecule has 0 bridgehead atoms. The maximum atomic E-state index is 11.5. The van der Waals surface area contributed by atoms with Gasteiger partial charge in [0.05, 0.1) is 0 Å². The Labute approximate surface area is 101 Å². The molecular formula is C16H14O. The summed E-state index contributed by atoms with van der Waals surface area (Å²) in [6, 6.07) is 12.7. The molecule has 0 unspecified atom stereocenters. The van der Waals surface area contributed by atoms with Gasteiger partial charge < -0.3 is 0 Å². The number of hydrogen-bond donors (Lipinski definition) is 0. The van der Waals surface area contributed by atoms with Crippen molar-refractivity contribution in [2.45, 2.75) is 19.3 Å². The van der Waals surface area contributed by atoms with Gasteiger partial charge in [-0.1, -0.05) is 48.6 Å². The molecule has 2 aromatic carbocycles. The maximum absolute atomic E-state index is 11.5. The lowest BCUT2D eigenvalue weighted by atomic mass is 9.92. The van der Waals surface area contributed by atoms with Crippen LogP contribution < -0.4 is 0 Å². The monoisotopic (exact) mass is 222 g/mol. The van der Waals surface area contributed by atoms with Crippen molar-refractivity contribution < 1.29 is 4.79 Å². The van der Waals surface area contributed by atoms with Gasteiger partial charge in [0.15, 0.2) is 0 Å². The van der Waals surface area contributed by atoms with Crippen LogP contribution in [0.15, 0.2) is 42.5 Å². The summed E-state index contributed by atoms with van der Waals surface area (Å²) in [6.45, 7) is 0. The second kappa shape index (κ2) is 4.17. The Kier molecular flexibility index (Phi) is 2.52. The molecule has 2 aromatic rings. The number of carbonyl (C=O) groups excluding carboxylic acids is 1. The van der Waals surface area contributed by atoms with Gasteiger partial charge in [0.25, 0.3) is 0 Å². The molecule has 0 aromatic heterocycles. The fourth-order valence-corrected chi connectivity index (χ4v) is 2.47. The van der Waals surface area contributed by atoms with E-state index in [0.29, 0.717) is 18.6 Å². The van der Waals surface area contributed by atoms with Gasteiger partial charge in [-0.05, 0) is 28.3 Å². The second-order valence-corrected chi connectivity index (χ2v) is 4.50. The van der Waals surface area contributed by atoms with E-state index in [2.05, 4.69) is 42.5 Å². The lowest BCUT2D eigenvalue weighted by Gasteiger charge is -2.12. The molecule has 0 saturated carbocycles. The van der Waals surface area contributed by atoms with Crippen LogP contribution in [-0.4, -0.2) is 5.78 Å². The Hall–Kier alpha value is -1.89. The molecule has 1 heteroatoms. The van der Waals surface area contributed by atoms with Crippen LogP contribution >= 0.6 is 0 Å². The Morgan fingerprint density at radius 2 is 1.82 bits per heavy atom. The molecule has 0 amide bonds. The summed E-state index contributed by atoms with van der Waals surface area (Å²) in [7, 11) is 0. The summed E-state index contributed by atoms with van der Waals surface area (Å²) in [5, 5.41) is 2.54. The van der Waals surface area contributed by atoms with Gasteiger partial charge >= 0.3 is 0 Å². The van der Waals surface area contributed by atoms with Crippen LogP contribution in [0.25, 0.3) is 16.8 Å². The summed E-state index contributed by atoms with van der Waals surface area (Å²) >= 11 is 0. The van der Waals surface area contributed by atoms with Crippen LogP contribution in [-0.2, 0) is 11.2 Å². The van der Waals surface area contributed by atoms with Gasteiger partial charge in [-0.15, -0.1) is 0 Å². The predicted molar refractivity (Wildman–Crippen MR) is 70.9 cm³/mol. The van der Waals surface area contributed by atoms with Crippen molar-refractivity contribution in [1.29, 1.82) is 0 Å². The highest BCUT2D eigenvalue weighted by molar-refractivity contribution is 5.90. The Balaban J connectivity index is 2.23. The first kappa shape index (κ1) is 10.3. The molecule has 0 aliphatic heterocycles. The number of fused-ring (bicyclic) bond motifs is 3. The third kappa shape index (κ3) is 1.89. The molecule has 0 spiro atoms. The SMILES string of the molecule is O=C1C/C=C\c2ccc3ccccc3c2CC1. The number of benzene rings is 2. The summed E-state index contributed by atoms with van der Waals surface area (Å²) in [4.78, 5) is 11.5. The Morgan fingerprint density at radius 3 is 2.76 bits per heavy atom. The zero-order chi connectivity index (χ0) is 11.7. The largest absolute Gasteiger partial charge is 0.299 e. The zero-order valence-corrected chi connectivity index (χ0v) is 9.65. The van der Waals surface area contributed by atoms with Crippen LogP contribution in [0.1, 0.15) is 24.0 Å². The van der Waals surface area contributed by atoms with E-state index in [0.717, 1.165) is 6.42 Å². The molecule has 0 fully saturated rings. The molecule has 1 nitrogen and oxygen atoms in total.